The van der Waals surface area contributed by atoms with E-state index in [9.17, 15) is 14.0 Å². The fourth-order valence-electron chi connectivity index (χ4n) is 2.79. The highest BCUT2D eigenvalue weighted by Crippen LogP contribution is 2.22. The van der Waals surface area contributed by atoms with Gasteiger partial charge in [-0.3, -0.25) is 4.79 Å². The van der Waals surface area contributed by atoms with E-state index in [0.717, 1.165) is 5.56 Å². The maximum atomic E-state index is 13.5. The van der Waals surface area contributed by atoms with Crippen LogP contribution in [0.2, 0.25) is 0 Å². The molecule has 5 nitrogen and oxygen atoms in total. The molecule has 2 rings (SSSR count). The Hall–Kier alpha value is -1.95. The van der Waals surface area contributed by atoms with Crippen LogP contribution in [0.5, 0.6) is 0 Å². The highest BCUT2D eigenvalue weighted by molar-refractivity contribution is 5.85. The molecule has 6 heteroatoms. The first kappa shape index (κ1) is 17.4. The Morgan fingerprint density at radius 1 is 1.35 bits per heavy atom. The van der Waals surface area contributed by atoms with Gasteiger partial charge in [0.05, 0.1) is 13.2 Å². The van der Waals surface area contributed by atoms with E-state index in [-0.39, 0.29) is 24.2 Å². The molecule has 0 N–H and O–H groups in total. The van der Waals surface area contributed by atoms with Crippen molar-refractivity contribution in [1.82, 2.24) is 4.90 Å². The molecule has 126 valence electrons. The van der Waals surface area contributed by atoms with Gasteiger partial charge in [-0.2, -0.15) is 0 Å². The van der Waals surface area contributed by atoms with Crippen LogP contribution in [0.3, 0.4) is 0 Å². The van der Waals surface area contributed by atoms with E-state index in [1.807, 2.05) is 6.07 Å². The normalized spacial score (nSPS) is 20.6. The minimum atomic E-state index is -0.604. The summed E-state index contributed by atoms with van der Waals surface area (Å²) < 4.78 is 23.6. The number of aryl methyl sites for hydroxylation is 2. The number of halogens is 1. The van der Waals surface area contributed by atoms with Crippen molar-refractivity contribution in [3.05, 3.63) is 35.1 Å². The number of esters is 1. The number of ether oxygens (including phenoxy) is 2. The first-order valence-corrected chi connectivity index (χ1v) is 7.61. The number of amides is 1. The van der Waals surface area contributed by atoms with Gasteiger partial charge in [-0.15, -0.1) is 0 Å². The van der Waals surface area contributed by atoms with Crippen LogP contribution in [0.25, 0.3) is 0 Å². The molecule has 1 fully saturated rings. The first-order chi connectivity index (χ1) is 11.0. The highest BCUT2D eigenvalue weighted by Gasteiger charge is 2.40. The van der Waals surface area contributed by atoms with Crippen molar-refractivity contribution < 1.29 is 23.5 Å². The average Bonchev–Trinajstić information content (AvgIpc) is 2.99. The number of methoxy groups -OCH3 is 2. The third-order valence-corrected chi connectivity index (χ3v) is 4.25. The summed E-state index contributed by atoms with van der Waals surface area (Å²) in [6, 6.07) is 4.35. The second-order valence-electron chi connectivity index (χ2n) is 5.76. The number of carbonyl (C=O) groups is 2. The Morgan fingerprint density at radius 2 is 2.09 bits per heavy atom. The van der Waals surface area contributed by atoms with Gasteiger partial charge >= 0.3 is 5.97 Å². The molecular weight excluding hydrogens is 301 g/mol. The molecule has 0 aromatic heterocycles. The molecule has 1 heterocycles. The van der Waals surface area contributed by atoms with Gasteiger partial charge in [0.15, 0.2) is 0 Å². The maximum Gasteiger partial charge on any atom is 0.328 e. The van der Waals surface area contributed by atoms with Gasteiger partial charge in [-0.05, 0) is 30.5 Å². The summed E-state index contributed by atoms with van der Waals surface area (Å²) in [6.45, 7) is 2.07. The lowest BCUT2D eigenvalue weighted by Crippen LogP contribution is -2.41. The van der Waals surface area contributed by atoms with E-state index in [2.05, 4.69) is 0 Å². The number of hydrogen-bond donors (Lipinski definition) is 0. The molecule has 1 amide bonds. The summed E-state index contributed by atoms with van der Waals surface area (Å²) in [7, 11) is 2.86. The third kappa shape index (κ3) is 4.07. The molecule has 1 aromatic carbocycles. The fraction of sp³-hybridized carbons (Fsp3) is 0.529. The molecule has 0 bridgehead atoms. The topological polar surface area (TPSA) is 55.8 Å². The Balaban J connectivity index is 2.00. The third-order valence-electron chi connectivity index (χ3n) is 4.25. The van der Waals surface area contributed by atoms with Crippen molar-refractivity contribution in [1.29, 1.82) is 0 Å². The Kier molecular flexibility index (Phi) is 5.71. The van der Waals surface area contributed by atoms with Crippen molar-refractivity contribution in [3.8, 4) is 0 Å². The van der Waals surface area contributed by atoms with Crippen LogP contribution in [-0.2, 0) is 25.5 Å². The number of carbonyl (C=O) groups excluding carboxylic acids is 2. The van der Waals surface area contributed by atoms with Crippen LogP contribution >= 0.6 is 0 Å². The van der Waals surface area contributed by atoms with E-state index < -0.39 is 12.0 Å². The van der Waals surface area contributed by atoms with Gasteiger partial charge in [0.1, 0.15) is 11.9 Å². The zero-order chi connectivity index (χ0) is 17.0. The minimum absolute atomic E-state index is 0.152. The molecule has 1 saturated heterocycles. The summed E-state index contributed by atoms with van der Waals surface area (Å²) in [6.07, 6.45) is 0.915. The van der Waals surface area contributed by atoms with Gasteiger partial charge in [0.25, 0.3) is 0 Å². The molecule has 0 radical (unpaired) electrons. The molecule has 2 atom stereocenters. The van der Waals surface area contributed by atoms with E-state index in [0.29, 0.717) is 24.9 Å². The van der Waals surface area contributed by atoms with Crippen molar-refractivity contribution in [2.24, 2.45) is 0 Å². The second-order valence-corrected chi connectivity index (χ2v) is 5.76. The number of rotatable bonds is 5. The smallest absolute Gasteiger partial charge is 0.328 e. The number of nitrogens with zero attached hydrogens (tertiary/aromatic N) is 1. The number of benzene rings is 1. The summed E-state index contributed by atoms with van der Waals surface area (Å²) in [5, 5.41) is 0. The predicted octanol–water partition coefficient (Wildman–Crippen LogP) is 1.86. The standard InChI is InChI=1S/C17H22FNO4/c1-11-4-5-12(8-14(11)18)6-7-16(20)19-10-13(22-2)9-15(19)17(21)23-3/h4-5,8,13,15H,6-7,9-10H2,1-3H3/t13-,15-/m0/s1. The largest absolute Gasteiger partial charge is 0.467 e. The molecule has 1 aliphatic rings. The average molecular weight is 323 g/mol. The van der Waals surface area contributed by atoms with Crippen LogP contribution < -0.4 is 0 Å². The van der Waals surface area contributed by atoms with Gasteiger partial charge in [0, 0.05) is 26.5 Å². The van der Waals surface area contributed by atoms with Gasteiger partial charge in [-0.25, -0.2) is 9.18 Å². The van der Waals surface area contributed by atoms with E-state index >= 15 is 0 Å². The van der Waals surface area contributed by atoms with Crippen LogP contribution in [-0.4, -0.2) is 49.7 Å². The molecule has 0 spiro atoms. The molecule has 1 aliphatic heterocycles. The fourth-order valence-corrected chi connectivity index (χ4v) is 2.79. The van der Waals surface area contributed by atoms with Gasteiger partial charge in [0.2, 0.25) is 5.91 Å². The van der Waals surface area contributed by atoms with E-state index in [1.54, 1.807) is 20.1 Å². The Morgan fingerprint density at radius 3 is 2.70 bits per heavy atom. The minimum Gasteiger partial charge on any atom is -0.467 e. The first-order valence-electron chi connectivity index (χ1n) is 7.61. The SMILES string of the molecule is COC(=O)[C@@H]1C[C@H](OC)CN1C(=O)CCc1ccc(C)c(F)c1. The quantitative estimate of drug-likeness (QED) is 0.776. The van der Waals surface area contributed by atoms with Crippen LogP contribution in [0, 0.1) is 12.7 Å². The lowest BCUT2D eigenvalue weighted by atomic mass is 10.1. The van der Waals surface area contributed by atoms with Crippen molar-refractivity contribution >= 4 is 11.9 Å². The summed E-state index contributed by atoms with van der Waals surface area (Å²) >= 11 is 0. The van der Waals surface area contributed by atoms with Crippen LogP contribution in [0.1, 0.15) is 24.0 Å². The van der Waals surface area contributed by atoms with Crippen LogP contribution in [0.15, 0.2) is 18.2 Å². The lowest BCUT2D eigenvalue weighted by Gasteiger charge is -2.22. The van der Waals surface area contributed by atoms with Crippen LogP contribution in [0.4, 0.5) is 4.39 Å². The molecular formula is C17H22FNO4. The molecule has 0 saturated carbocycles. The van der Waals surface area contributed by atoms with E-state index in [4.69, 9.17) is 9.47 Å². The Labute approximate surface area is 135 Å². The lowest BCUT2D eigenvalue weighted by molar-refractivity contribution is -0.150. The highest BCUT2D eigenvalue weighted by atomic mass is 19.1. The van der Waals surface area contributed by atoms with Gasteiger partial charge < -0.3 is 14.4 Å². The van der Waals surface area contributed by atoms with Crippen molar-refractivity contribution in [2.75, 3.05) is 20.8 Å². The molecule has 0 aliphatic carbocycles. The molecule has 0 unspecified atom stereocenters. The monoisotopic (exact) mass is 323 g/mol. The van der Waals surface area contributed by atoms with E-state index in [1.165, 1.54) is 18.1 Å². The summed E-state index contributed by atoms with van der Waals surface area (Å²) in [5.74, 6) is -0.858. The van der Waals surface area contributed by atoms with Crippen molar-refractivity contribution in [3.63, 3.8) is 0 Å². The zero-order valence-electron chi connectivity index (χ0n) is 13.7. The van der Waals surface area contributed by atoms with Gasteiger partial charge in [-0.1, -0.05) is 12.1 Å². The number of likely N-dealkylation sites (tertiary alicyclic amines) is 1. The van der Waals surface area contributed by atoms with Crippen molar-refractivity contribution in [2.45, 2.75) is 38.3 Å². The molecule has 23 heavy (non-hydrogen) atoms. The summed E-state index contributed by atoms with van der Waals surface area (Å²) in [4.78, 5) is 25.8. The molecule has 1 aromatic rings. The summed E-state index contributed by atoms with van der Waals surface area (Å²) in [5.41, 5.74) is 1.34. The second kappa shape index (κ2) is 7.55. The predicted molar refractivity (Wildman–Crippen MR) is 82.4 cm³/mol. The Bertz CT molecular complexity index is 590. The maximum absolute atomic E-state index is 13.5. The number of hydrogen-bond acceptors (Lipinski definition) is 4. The zero-order valence-corrected chi connectivity index (χ0v) is 13.7.